The maximum absolute atomic E-state index is 3.71. The summed E-state index contributed by atoms with van der Waals surface area (Å²) in [5, 5.41) is 3.71. The van der Waals surface area contributed by atoms with Crippen molar-refractivity contribution in [2.24, 2.45) is 5.92 Å². The van der Waals surface area contributed by atoms with Crippen LogP contribution in [0, 0.1) is 5.92 Å². The SMILES string of the molecule is CCCNC(CC)c1ccccc1N1CCC(CC)CC1. The lowest BCUT2D eigenvalue weighted by Crippen LogP contribution is -2.35. The van der Waals surface area contributed by atoms with E-state index >= 15 is 0 Å². The van der Waals surface area contributed by atoms with Gasteiger partial charge >= 0.3 is 0 Å². The summed E-state index contributed by atoms with van der Waals surface area (Å²) in [5.41, 5.74) is 2.95. The van der Waals surface area contributed by atoms with E-state index < -0.39 is 0 Å². The molecular formula is C19H32N2. The molecule has 0 aromatic heterocycles. The zero-order valence-electron chi connectivity index (χ0n) is 14.1. The van der Waals surface area contributed by atoms with E-state index in [4.69, 9.17) is 0 Å². The van der Waals surface area contributed by atoms with Gasteiger partial charge in [-0.05, 0) is 49.8 Å². The van der Waals surface area contributed by atoms with Crippen LogP contribution < -0.4 is 10.2 Å². The highest BCUT2D eigenvalue weighted by Gasteiger charge is 2.21. The zero-order valence-corrected chi connectivity index (χ0v) is 14.1. The second-order valence-corrected chi connectivity index (χ2v) is 6.31. The first-order chi connectivity index (χ1) is 10.3. The summed E-state index contributed by atoms with van der Waals surface area (Å²) in [4.78, 5) is 2.61. The van der Waals surface area contributed by atoms with Crippen molar-refractivity contribution in [2.75, 3.05) is 24.5 Å². The van der Waals surface area contributed by atoms with E-state index in [1.165, 1.54) is 50.0 Å². The Balaban J connectivity index is 2.12. The molecule has 0 spiro atoms. The molecule has 1 unspecified atom stereocenters. The Morgan fingerprint density at radius 3 is 2.48 bits per heavy atom. The molecule has 1 heterocycles. The molecule has 0 amide bonds. The number of nitrogens with one attached hydrogen (secondary N) is 1. The van der Waals surface area contributed by atoms with E-state index in [0.29, 0.717) is 6.04 Å². The van der Waals surface area contributed by atoms with Gasteiger partial charge in [0.2, 0.25) is 0 Å². The van der Waals surface area contributed by atoms with Gasteiger partial charge in [0.25, 0.3) is 0 Å². The van der Waals surface area contributed by atoms with Crippen molar-refractivity contribution < 1.29 is 0 Å². The first-order valence-electron chi connectivity index (χ1n) is 8.87. The van der Waals surface area contributed by atoms with Crippen molar-refractivity contribution in [3.63, 3.8) is 0 Å². The Bertz CT molecular complexity index is 408. The summed E-state index contributed by atoms with van der Waals surface area (Å²) in [5.74, 6) is 0.939. The van der Waals surface area contributed by atoms with Gasteiger partial charge in [0.1, 0.15) is 0 Å². The number of hydrogen-bond acceptors (Lipinski definition) is 2. The van der Waals surface area contributed by atoms with Gasteiger partial charge in [0.15, 0.2) is 0 Å². The lowest BCUT2D eigenvalue weighted by atomic mass is 9.93. The van der Waals surface area contributed by atoms with Crippen LogP contribution in [0.1, 0.15) is 64.5 Å². The summed E-state index contributed by atoms with van der Waals surface area (Å²) in [6.07, 6.45) is 6.39. The minimum absolute atomic E-state index is 0.491. The molecule has 1 aliphatic heterocycles. The maximum atomic E-state index is 3.71. The predicted molar refractivity (Wildman–Crippen MR) is 93.0 cm³/mol. The van der Waals surface area contributed by atoms with E-state index in [-0.39, 0.29) is 0 Å². The van der Waals surface area contributed by atoms with Crippen LogP contribution in [0.3, 0.4) is 0 Å². The molecule has 1 aliphatic rings. The summed E-state index contributed by atoms with van der Waals surface area (Å²) in [7, 11) is 0. The molecule has 1 aromatic carbocycles. The number of rotatable bonds is 7. The number of anilines is 1. The van der Waals surface area contributed by atoms with Crippen LogP contribution in [0.4, 0.5) is 5.69 Å². The fourth-order valence-corrected chi connectivity index (χ4v) is 3.45. The Labute approximate surface area is 130 Å². The highest BCUT2D eigenvalue weighted by atomic mass is 15.1. The Morgan fingerprint density at radius 1 is 1.14 bits per heavy atom. The molecule has 0 saturated carbocycles. The van der Waals surface area contributed by atoms with Crippen LogP contribution >= 0.6 is 0 Å². The molecule has 21 heavy (non-hydrogen) atoms. The first kappa shape index (κ1) is 16.4. The highest BCUT2D eigenvalue weighted by molar-refractivity contribution is 5.55. The molecule has 2 nitrogen and oxygen atoms in total. The van der Waals surface area contributed by atoms with Crippen LogP contribution in [0.25, 0.3) is 0 Å². The van der Waals surface area contributed by atoms with Crippen molar-refractivity contribution in [1.82, 2.24) is 5.32 Å². The quantitative estimate of drug-likeness (QED) is 0.778. The number of nitrogens with zero attached hydrogens (tertiary/aromatic N) is 1. The third kappa shape index (κ3) is 4.23. The Morgan fingerprint density at radius 2 is 1.86 bits per heavy atom. The van der Waals surface area contributed by atoms with E-state index in [1.807, 2.05) is 0 Å². The van der Waals surface area contributed by atoms with E-state index in [2.05, 4.69) is 55.3 Å². The first-order valence-corrected chi connectivity index (χ1v) is 8.87. The largest absolute Gasteiger partial charge is 0.371 e. The van der Waals surface area contributed by atoms with Crippen molar-refractivity contribution in [3.8, 4) is 0 Å². The molecule has 0 bridgehead atoms. The number of para-hydroxylation sites is 1. The fourth-order valence-electron chi connectivity index (χ4n) is 3.45. The van der Waals surface area contributed by atoms with Gasteiger partial charge in [0, 0.05) is 24.8 Å². The standard InChI is InChI=1S/C19H32N2/c1-4-13-20-18(6-3)17-9-7-8-10-19(17)21-14-11-16(5-2)12-15-21/h7-10,16,18,20H,4-6,11-15H2,1-3H3. The number of benzene rings is 1. The van der Waals surface area contributed by atoms with Gasteiger partial charge in [-0.3, -0.25) is 0 Å². The molecule has 0 aliphatic carbocycles. The topological polar surface area (TPSA) is 15.3 Å². The number of hydrogen-bond donors (Lipinski definition) is 1. The lowest BCUT2D eigenvalue weighted by molar-refractivity contribution is 0.393. The molecule has 1 saturated heterocycles. The van der Waals surface area contributed by atoms with Gasteiger partial charge < -0.3 is 10.2 Å². The van der Waals surface area contributed by atoms with Crippen LogP contribution in [0.5, 0.6) is 0 Å². The normalized spacial score (nSPS) is 18.0. The van der Waals surface area contributed by atoms with E-state index in [0.717, 1.165) is 18.9 Å². The van der Waals surface area contributed by atoms with Gasteiger partial charge in [-0.15, -0.1) is 0 Å². The minimum atomic E-state index is 0.491. The van der Waals surface area contributed by atoms with Crippen molar-refractivity contribution >= 4 is 5.69 Å². The predicted octanol–water partition coefficient (Wildman–Crippen LogP) is 4.76. The third-order valence-corrected chi connectivity index (χ3v) is 4.89. The highest BCUT2D eigenvalue weighted by Crippen LogP contribution is 2.31. The van der Waals surface area contributed by atoms with Gasteiger partial charge in [0.05, 0.1) is 0 Å². The van der Waals surface area contributed by atoms with Gasteiger partial charge in [-0.1, -0.05) is 45.4 Å². The molecular weight excluding hydrogens is 256 g/mol. The molecule has 1 fully saturated rings. The van der Waals surface area contributed by atoms with Crippen molar-refractivity contribution in [1.29, 1.82) is 0 Å². The van der Waals surface area contributed by atoms with E-state index in [9.17, 15) is 0 Å². The summed E-state index contributed by atoms with van der Waals surface area (Å²) >= 11 is 0. The molecule has 2 heteroatoms. The average Bonchev–Trinajstić information content (AvgIpc) is 2.56. The molecule has 2 rings (SSSR count). The molecule has 1 N–H and O–H groups in total. The maximum Gasteiger partial charge on any atom is 0.0414 e. The monoisotopic (exact) mass is 288 g/mol. The summed E-state index contributed by atoms with van der Waals surface area (Å²) < 4.78 is 0. The minimum Gasteiger partial charge on any atom is -0.371 e. The molecule has 0 radical (unpaired) electrons. The molecule has 118 valence electrons. The Hall–Kier alpha value is -1.02. The van der Waals surface area contributed by atoms with Crippen molar-refractivity contribution in [2.45, 2.75) is 58.9 Å². The smallest absolute Gasteiger partial charge is 0.0414 e. The van der Waals surface area contributed by atoms with Crippen LogP contribution in [-0.4, -0.2) is 19.6 Å². The lowest BCUT2D eigenvalue weighted by Gasteiger charge is -2.35. The number of piperidine rings is 1. The Kier molecular flexibility index (Phi) is 6.56. The fraction of sp³-hybridized carbons (Fsp3) is 0.684. The third-order valence-electron chi connectivity index (χ3n) is 4.89. The van der Waals surface area contributed by atoms with Crippen LogP contribution in [0.15, 0.2) is 24.3 Å². The van der Waals surface area contributed by atoms with Crippen LogP contribution in [-0.2, 0) is 0 Å². The second-order valence-electron chi connectivity index (χ2n) is 6.31. The average molecular weight is 288 g/mol. The molecule has 1 aromatic rings. The van der Waals surface area contributed by atoms with Gasteiger partial charge in [-0.25, -0.2) is 0 Å². The zero-order chi connectivity index (χ0) is 15.1. The second kappa shape index (κ2) is 8.43. The van der Waals surface area contributed by atoms with Crippen LogP contribution in [0.2, 0.25) is 0 Å². The summed E-state index contributed by atoms with van der Waals surface area (Å²) in [6.45, 7) is 10.4. The molecule has 1 atom stereocenters. The summed E-state index contributed by atoms with van der Waals surface area (Å²) in [6, 6.07) is 9.51. The van der Waals surface area contributed by atoms with Crippen molar-refractivity contribution in [3.05, 3.63) is 29.8 Å². The van der Waals surface area contributed by atoms with E-state index in [1.54, 1.807) is 0 Å². The van der Waals surface area contributed by atoms with Gasteiger partial charge in [-0.2, -0.15) is 0 Å².